The van der Waals surface area contributed by atoms with Crippen molar-refractivity contribution in [3.63, 3.8) is 0 Å². The molecule has 0 heterocycles. The topological polar surface area (TPSA) is 43.4 Å². The molecular formula is C11H13F3O3S. The van der Waals surface area contributed by atoms with Crippen molar-refractivity contribution in [3.05, 3.63) is 35.9 Å². The minimum Gasteiger partial charge on any atom is -0.263 e. The first-order chi connectivity index (χ1) is 8.33. The van der Waals surface area contributed by atoms with Gasteiger partial charge in [-0.3, -0.25) is 4.18 Å². The zero-order valence-corrected chi connectivity index (χ0v) is 10.3. The molecular weight excluding hydrogens is 269 g/mol. The van der Waals surface area contributed by atoms with Gasteiger partial charge in [0, 0.05) is 0 Å². The molecule has 0 spiro atoms. The summed E-state index contributed by atoms with van der Waals surface area (Å²) in [6.45, 7) is -0.450. The molecule has 1 aromatic rings. The summed E-state index contributed by atoms with van der Waals surface area (Å²) in [6, 6.07) is 9.38. The first kappa shape index (κ1) is 15.0. The summed E-state index contributed by atoms with van der Waals surface area (Å²) in [4.78, 5) is 0. The van der Waals surface area contributed by atoms with Crippen molar-refractivity contribution in [2.24, 2.45) is 0 Å². The van der Waals surface area contributed by atoms with Crippen molar-refractivity contribution in [2.45, 2.75) is 24.8 Å². The molecule has 1 rings (SSSR count). The molecule has 0 aromatic heterocycles. The predicted molar refractivity (Wildman–Crippen MR) is 60.3 cm³/mol. The molecule has 3 nitrogen and oxygen atoms in total. The van der Waals surface area contributed by atoms with Crippen LogP contribution in [-0.4, -0.2) is 20.5 Å². The molecule has 0 atom stereocenters. The van der Waals surface area contributed by atoms with Gasteiger partial charge in [0.15, 0.2) is 0 Å². The van der Waals surface area contributed by atoms with Crippen molar-refractivity contribution in [1.29, 1.82) is 0 Å². The standard InChI is InChI=1S/C11H13F3O3S/c12-11(13,14)18(15,16)17-9-5-4-8-10-6-2-1-3-7-10/h1-3,6-7H,4-5,8-9H2. The summed E-state index contributed by atoms with van der Waals surface area (Å²) in [5.74, 6) is 0. The van der Waals surface area contributed by atoms with E-state index in [1.807, 2.05) is 30.3 Å². The quantitative estimate of drug-likeness (QED) is 0.458. The summed E-state index contributed by atoms with van der Waals surface area (Å²) in [5, 5.41) is 0. The van der Waals surface area contributed by atoms with Gasteiger partial charge in [-0.25, -0.2) is 0 Å². The first-order valence-electron chi connectivity index (χ1n) is 5.32. The van der Waals surface area contributed by atoms with E-state index in [1.165, 1.54) is 0 Å². The highest BCUT2D eigenvalue weighted by Gasteiger charge is 2.47. The van der Waals surface area contributed by atoms with E-state index in [2.05, 4.69) is 4.18 Å². The van der Waals surface area contributed by atoms with Gasteiger partial charge in [-0.15, -0.1) is 0 Å². The third-order valence-electron chi connectivity index (χ3n) is 2.22. The van der Waals surface area contributed by atoms with Crippen molar-refractivity contribution >= 4 is 10.1 Å². The SMILES string of the molecule is O=S(=O)(OCCCCc1ccccc1)C(F)(F)F. The number of aryl methyl sites for hydroxylation is 1. The zero-order valence-electron chi connectivity index (χ0n) is 9.48. The van der Waals surface area contributed by atoms with Crippen LogP contribution in [0.1, 0.15) is 18.4 Å². The van der Waals surface area contributed by atoms with E-state index in [4.69, 9.17) is 0 Å². The lowest BCUT2D eigenvalue weighted by Gasteiger charge is -2.08. The van der Waals surface area contributed by atoms with Gasteiger partial charge in [-0.2, -0.15) is 21.6 Å². The van der Waals surface area contributed by atoms with E-state index in [1.54, 1.807) is 0 Å². The number of rotatable bonds is 6. The smallest absolute Gasteiger partial charge is 0.263 e. The Balaban J connectivity index is 2.24. The molecule has 0 radical (unpaired) electrons. The molecule has 0 N–H and O–H groups in total. The second-order valence-electron chi connectivity index (χ2n) is 3.66. The molecule has 0 aliphatic heterocycles. The van der Waals surface area contributed by atoms with Gasteiger partial charge in [-0.1, -0.05) is 30.3 Å². The number of alkyl halides is 3. The molecule has 18 heavy (non-hydrogen) atoms. The van der Waals surface area contributed by atoms with Gasteiger partial charge in [0.05, 0.1) is 6.61 Å². The lowest BCUT2D eigenvalue weighted by Crippen LogP contribution is -2.25. The minimum absolute atomic E-state index is 0.254. The van der Waals surface area contributed by atoms with E-state index in [-0.39, 0.29) is 6.42 Å². The number of hydrogen-bond donors (Lipinski definition) is 0. The zero-order chi connectivity index (χ0) is 13.6. The summed E-state index contributed by atoms with van der Waals surface area (Å²) in [7, 11) is -5.44. The molecule has 0 aliphatic rings. The minimum atomic E-state index is -5.44. The van der Waals surface area contributed by atoms with Crippen molar-refractivity contribution < 1.29 is 25.8 Å². The van der Waals surface area contributed by atoms with E-state index in [9.17, 15) is 21.6 Å². The Hall–Kier alpha value is -1.08. The van der Waals surface area contributed by atoms with Gasteiger partial charge >= 0.3 is 15.6 Å². The second-order valence-corrected chi connectivity index (χ2v) is 5.27. The van der Waals surface area contributed by atoms with Crippen LogP contribution in [0.3, 0.4) is 0 Å². The van der Waals surface area contributed by atoms with Gasteiger partial charge < -0.3 is 0 Å². The molecule has 102 valence electrons. The summed E-state index contributed by atoms with van der Waals surface area (Å²) in [6.07, 6.45) is 1.50. The van der Waals surface area contributed by atoms with Gasteiger partial charge in [0.2, 0.25) is 0 Å². The van der Waals surface area contributed by atoms with Gasteiger partial charge in [-0.05, 0) is 24.8 Å². The van der Waals surface area contributed by atoms with Crippen molar-refractivity contribution in [3.8, 4) is 0 Å². The van der Waals surface area contributed by atoms with Crippen molar-refractivity contribution in [1.82, 2.24) is 0 Å². The van der Waals surface area contributed by atoms with E-state index in [0.717, 1.165) is 5.56 Å². The highest BCUT2D eigenvalue weighted by molar-refractivity contribution is 7.87. The predicted octanol–water partition coefficient (Wildman–Crippen LogP) is 2.88. The normalized spacial score (nSPS) is 12.6. The molecule has 0 unspecified atom stereocenters. The molecule has 7 heteroatoms. The molecule has 0 amide bonds. The monoisotopic (exact) mass is 282 g/mol. The maximum atomic E-state index is 11.9. The Labute approximate surface area is 104 Å². The van der Waals surface area contributed by atoms with Crippen LogP contribution in [0.25, 0.3) is 0 Å². The second kappa shape index (κ2) is 6.19. The van der Waals surface area contributed by atoms with Crippen LogP contribution in [0.4, 0.5) is 13.2 Å². The molecule has 0 bridgehead atoms. The Kier molecular flexibility index (Phi) is 5.15. The fourth-order valence-electron chi connectivity index (χ4n) is 1.31. The molecule has 1 aromatic carbocycles. The first-order valence-corrected chi connectivity index (χ1v) is 6.73. The van der Waals surface area contributed by atoms with Crippen LogP contribution < -0.4 is 0 Å². The maximum Gasteiger partial charge on any atom is 0.523 e. The number of benzene rings is 1. The van der Waals surface area contributed by atoms with Gasteiger partial charge in [0.25, 0.3) is 0 Å². The Morgan fingerprint density at radius 1 is 1.06 bits per heavy atom. The molecule has 0 saturated carbocycles. The van der Waals surface area contributed by atoms with Crippen LogP contribution in [0.2, 0.25) is 0 Å². The fraction of sp³-hybridized carbons (Fsp3) is 0.455. The third-order valence-corrected chi connectivity index (χ3v) is 3.27. The largest absolute Gasteiger partial charge is 0.523 e. The molecule has 0 aliphatic carbocycles. The highest BCUT2D eigenvalue weighted by Crippen LogP contribution is 2.24. The van der Waals surface area contributed by atoms with E-state index >= 15 is 0 Å². The summed E-state index contributed by atoms with van der Waals surface area (Å²) in [5.41, 5.74) is -4.29. The number of halogens is 3. The van der Waals surface area contributed by atoms with Gasteiger partial charge in [0.1, 0.15) is 0 Å². The lowest BCUT2D eigenvalue weighted by atomic mass is 10.1. The summed E-state index contributed by atoms with van der Waals surface area (Å²) < 4.78 is 60.6. The maximum absolute atomic E-state index is 11.9. The average molecular weight is 282 g/mol. The molecule has 0 fully saturated rings. The van der Waals surface area contributed by atoms with Crippen LogP contribution in [-0.2, 0) is 20.7 Å². The Morgan fingerprint density at radius 3 is 2.22 bits per heavy atom. The van der Waals surface area contributed by atoms with E-state index < -0.39 is 22.2 Å². The van der Waals surface area contributed by atoms with E-state index in [0.29, 0.717) is 12.8 Å². The third kappa shape index (κ3) is 4.66. The Morgan fingerprint density at radius 2 is 1.67 bits per heavy atom. The van der Waals surface area contributed by atoms with Crippen LogP contribution >= 0.6 is 0 Å². The van der Waals surface area contributed by atoms with Crippen LogP contribution in [0, 0.1) is 0 Å². The number of unbranched alkanes of at least 4 members (excludes halogenated alkanes) is 1. The fourth-order valence-corrected chi connectivity index (χ4v) is 1.78. The molecule has 0 saturated heterocycles. The highest BCUT2D eigenvalue weighted by atomic mass is 32.2. The van der Waals surface area contributed by atoms with Crippen LogP contribution in [0.15, 0.2) is 30.3 Å². The number of hydrogen-bond acceptors (Lipinski definition) is 3. The lowest BCUT2D eigenvalue weighted by molar-refractivity contribution is -0.0542. The van der Waals surface area contributed by atoms with Crippen LogP contribution in [0.5, 0.6) is 0 Å². The average Bonchev–Trinajstić information content (AvgIpc) is 2.28. The summed E-state index contributed by atoms with van der Waals surface area (Å²) >= 11 is 0. The Bertz CT molecular complexity index is 454. The van der Waals surface area contributed by atoms with Crippen molar-refractivity contribution in [2.75, 3.05) is 6.61 Å².